The fourth-order valence-corrected chi connectivity index (χ4v) is 3.53. The molecule has 3 nitrogen and oxygen atoms in total. The highest BCUT2D eigenvalue weighted by Gasteiger charge is 2.40. The molecule has 0 saturated heterocycles. The fraction of sp³-hybridized carbons (Fsp3) is 0.450. The minimum Gasteiger partial charge on any atom is -0.357 e. The lowest BCUT2D eigenvalue weighted by atomic mass is 9.77. The summed E-state index contributed by atoms with van der Waals surface area (Å²) in [5.74, 6) is 0.548. The van der Waals surface area contributed by atoms with Crippen molar-refractivity contribution in [3.63, 3.8) is 0 Å². The maximum atomic E-state index is 13.7. The van der Waals surface area contributed by atoms with Gasteiger partial charge in [0.05, 0.1) is 11.6 Å². The van der Waals surface area contributed by atoms with E-state index in [4.69, 9.17) is 5.73 Å². The summed E-state index contributed by atoms with van der Waals surface area (Å²) >= 11 is 0. The second-order valence-corrected chi connectivity index (χ2v) is 7.09. The van der Waals surface area contributed by atoms with E-state index in [1.54, 1.807) is 19.1 Å². The Balaban J connectivity index is 1.98. The first-order valence-electron chi connectivity index (χ1n) is 8.52. The van der Waals surface area contributed by atoms with Crippen molar-refractivity contribution >= 4 is 0 Å². The summed E-state index contributed by atoms with van der Waals surface area (Å²) in [6.07, 6.45) is 10.2. The van der Waals surface area contributed by atoms with Gasteiger partial charge in [-0.3, -0.25) is 0 Å². The summed E-state index contributed by atoms with van der Waals surface area (Å²) in [5.41, 5.74) is 8.43. The van der Waals surface area contributed by atoms with Gasteiger partial charge in [0.2, 0.25) is 0 Å². The zero-order valence-electron chi connectivity index (χ0n) is 14.3. The largest absolute Gasteiger partial charge is 0.357 e. The minimum atomic E-state index is -0.650. The Morgan fingerprint density at radius 3 is 2.79 bits per heavy atom. The first-order valence-corrected chi connectivity index (χ1v) is 8.52. The number of nitriles is 1. The number of likely N-dealkylation sites (N-methyl/N-ethyl adjacent to an activating group) is 1. The van der Waals surface area contributed by atoms with Gasteiger partial charge in [-0.1, -0.05) is 37.1 Å². The van der Waals surface area contributed by atoms with Crippen LogP contribution in [0.25, 0.3) is 0 Å². The lowest BCUT2D eigenvalue weighted by Gasteiger charge is -2.43. The normalized spacial score (nSPS) is 22.7. The first kappa shape index (κ1) is 16.7. The van der Waals surface area contributed by atoms with Crippen molar-refractivity contribution in [2.24, 2.45) is 11.7 Å². The van der Waals surface area contributed by atoms with Crippen LogP contribution >= 0.6 is 0 Å². The molecule has 0 radical (unpaired) electrons. The molecule has 1 aliphatic heterocycles. The summed E-state index contributed by atoms with van der Waals surface area (Å²) in [5, 5.41) is 9.34. The van der Waals surface area contributed by atoms with Gasteiger partial charge in [-0.25, -0.2) is 4.39 Å². The van der Waals surface area contributed by atoms with E-state index in [9.17, 15) is 9.65 Å². The number of nitrogens with zero attached hydrogens (tertiary/aromatic N) is 2. The molecule has 4 heteroatoms. The molecular weight excluding hydrogens is 301 g/mol. The fourth-order valence-electron chi connectivity index (χ4n) is 3.53. The molecule has 2 unspecified atom stereocenters. The van der Waals surface area contributed by atoms with Crippen LogP contribution in [0.1, 0.15) is 36.8 Å². The molecule has 0 bridgehead atoms. The predicted molar refractivity (Wildman–Crippen MR) is 93.3 cm³/mol. The number of hydrogen-bond donors (Lipinski definition) is 1. The van der Waals surface area contributed by atoms with Gasteiger partial charge >= 0.3 is 0 Å². The second kappa shape index (κ2) is 6.41. The third kappa shape index (κ3) is 3.09. The molecule has 0 spiro atoms. The Labute approximate surface area is 143 Å². The maximum absolute atomic E-state index is 13.7. The van der Waals surface area contributed by atoms with E-state index in [-0.39, 0.29) is 11.9 Å². The number of hydrogen-bond acceptors (Lipinski definition) is 3. The van der Waals surface area contributed by atoms with Crippen LogP contribution in [-0.4, -0.2) is 18.0 Å². The summed E-state index contributed by atoms with van der Waals surface area (Å²) in [4.78, 5) is 1.94. The van der Waals surface area contributed by atoms with Crippen molar-refractivity contribution < 1.29 is 4.39 Å². The molecule has 3 rings (SSSR count). The summed E-state index contributed by atoms with van der Waals surface area (Å²) in [6.45, 7) is 1.77. The Bertz CT molecular complexity index is 727. The molecule has 2 aliphatic rings. The average Bonchev–Trinajstić information content (AvgIpc) is 3.40. The number of benzene rings is 1. The van der Waals surface area contributed by atoms with Crippen molar-refractivity contribution in [3.8, 4) is 6.07 Å². The van der Waals surface area contributed by atoms with E-state index in [0.29, 0.717) is 11.3 Å². The molecule has 1 aromatic carbocycles. The number of halogens is 1. The molecule has 1 aromatic rings. The van der Waals surface area contributed by atoms with E-state index in [1.807, 2.05) is 30.2 Å². The van der Waals surface area contributed by atoms with E-state index in [1.165, 1.54) is 18.9 Å². The van der Waals surface area contributed by atoms with Crippen molar-refractivity contribution in [1.82, 2.24) is 4.90 Å². The second-order valence-electron chi connectivity index (χ2n) is 7.09. The molecule has 1 aliphatic carbocycles. The number of aryl methyl sites for hydroxylation is 1. The maximum Gasteiger partial charge on any atom is 0.126 e. The molecule has 1 saturated carbocycles. The first-order chi connectivity index (χ1) is 11.5. The van der Waals surface area contributed by atoms with Crippen LogP contribution in [0.2, 0.25) is 0 Å². The quantitative estimate of drug-likeness (QED) is 0.897. The molecular formula is C20H24FN3. The Kier molecular flexibility index (Phi) is 4.47. The van der Waals surface area contributed by atoms with Crippen molar-refractivity contribution in [2.75, 3.05) is 7.05 Å². The minimum absolute atomic E-state index is 0.124. The molecule has 2 atom stereocenters. The highest BCUT2D eigenvalue weighted by molar-refractivity contribution is 5.38. The molecule has 24 heavy (non-hydrogen) atoms. The van der Waals surface area contributed by atoms with E-state index in [2.05, 4.69) is 6.07 Å². The summed E-state index contributed by atoms with van der Waals surface area (Å²) in [6, 6.07) is 7.25. The van der Waals surface area contributed by atoms with Gasteiger partial charge < -0.3 is 10.6 Å². The highest BCUT2D eigenvalue weighted by atomic mass is 19.1. The van der Waals surface area contributed by atoms with Crippen LogP contribution in [-0.2, 0) is 5.54 Å². The zero-order valence-corrected chi connectivity index (χ0v) is 14.3. The van der Waals surface area contributed by atoms with Gasteiger partial charge in [0.25, 0.3) is 0 Å². The van der Waals surface area contributed by atoms with Gasteiger partial charge in [0, 0.05) is 7.05 Å². The smallest absolute Gasteiger partial charge is 0.126 e. The molecule has 126 valence electrons. The molecule has 0 amide bonds. The van der Waals surface area contributed by atoms with Crippen LogP contribution in [0.3, 0.4) is 0 Å². The van der Waals surface area contributed by atoms with Gasteiger partial charge in [-0.2, -0.15) is 5.26 Å². The number of allylic oxidation sites excluding steroid dienone is 3. The van der Waals surface area contributed by atoms with Crippen molar-refractivity contribution in [1.29, 1.82) is 5.26 Å². The van der Waals surface area contributed by atoms with Crippen LogP contribution in [0.4, 0.5) is 4.39 Å². The monoisotopic (exact) mass is 325 g/mol. The molecule has 1 fully saturated rings. The Morgan fingerprint density at radius 2 is 2.17 bits per heavy atom. The van der Waals surface area contributed by atoms with E-state index in [0.717, 1.165) is 24.3 Å². The van der Waals surface area contributed by atoms with Gasteiger partial charge in [0.15, 0.2) is 0 Å². The lowest BCUT2D eigenvalue weighted by Crippen LogP contribution is -2.54. The summed E-state index contributed by atoms with van der Waals surface area (Å²) in [7, 11) is 1.90. The van der Waals surface area contributed by atoms with Crippen LogP contribution in [0.5, 0.6) is 0 Å². The number of rotatable bonds is 5. The SMILES string of the molecule is Cc1cc(C(N)(CCC2CC2)C2C=CC=C(C#N)N2C)ccc1F. The Hall–Kier alpha value is -2.12. The predicted octanol–water partition coefficient (Wildman–Crippen LogP) is 3.76. The van der Waals surface area contributed by atoms with Crippen LogP contribution < -0.4 is 5.73 Å². The molecule has 0 aromatic heterocycles. The highest BCUT2D eigenvalue weighted by Crippen LogP contribution is 2.40. The zero-order chi connectivity index (χ0) is 17.3. The number of nitrogens with two attached hydrogens (primary N) is 1. The van der Waals surface area contributed by atoms with Gasteiger partial charge in [-0.05, 0) is 49.0 Å². The Morgan fingerprint density at radius 1 is 1.42 bits per heavy atom. The average molecular weight is 325 g/mol. The third-order valence-corrected chi connectivity index (χ3v) is 5.35. The van der Waals surface area contributed by atoms with E-state index >= 15 is 0 Å². The van der Waals surface area contributed by atoms with E-state index < -0.39 is 5.54 Å². The van der Waals surface area contributed by atoms with Crippen molar-refractivity contribution in [2.45, 2.75) is 44.2 Å². The topological polar surface area (TPSA) is 53.1 Å². The molecule has 1 heterocycles. The van der Waals surface area contributed by atoms with Crippen LogP contribution in [0, 0.1) is 30.0 Å². The van der Waals surface area contributed by atoms with Gasteiger partial charge in [0.1, 0.15) is 17.6 Å². The van der Waals surface area contributed by atoms with Gasteiger partial charge in [-0.15, -0.1) is 0 Å². The van der Waals surface area contributed by atoms with Crippen LogP contribution in [0.15, 0.2) is 42.1 Å². The molecule has 2 N–H and O–H groups in total. The third-order valence-electron chi connectivity index (χ3n) is 5.35. The lowest BCUT2D eigenvalue weighted by molar-refractivity contribution is 0.209. The summed E-state index contributed by atoms with van der Waals surface area (Å²) < 4.78 is 13.7. The van der Waals surface area contributed by atoms with Crippen molar-refractivity contribution in [3.05, 3.63) is 59.1 Å². The standard InChI is InChI=1S/C20H24FN3/c1-14-12-16(8-9-18(14)21)20(23,11-10-15-6-7-15)19-5-3-4-17(13-22)24(19)2/h3-5,8-9,12,15,19H,6-7,10-11,23H2,1-2H3.